The number of nitrogens with one attached hydrogen (secondary N) is 1. The molecule has 0 saturated heterocycles. The molecule has 0 bridgehead atoms. The van der Waals surface area contributed by atoms with Crippen molar-refractivity contribution in [1.29, 1.82) is 0 Å². The van der Waals surface area contributed by atoms with E-state index in [1.165, 1.54) is 0 Å². The molecular formula is C17H20N2O3. The molecular weight excluding hydrogens is 280 g/mol. The summed E-state index contributed by atoms with van der Waals surface area (Å²) in [5.41, 5.74) is 1.59. The molecule has 0 aliphatic carbocycles. The summed E-state index contributed by atoms with van der Waals surface area (Å²) >= 11 is 0. The number of hydrogen-bond donors (Lipinski definition) is 1. The molecule has 0 atom stereocenters. The first kappa shape index (κ1) is 15.7. The lowest BCUT2D eigenvalue weighted by molar-refractivity contribution is 0.220. The predicted molar refractivity (Wildman–Crippen MR) is 86.5 cm³/mol. The minimum atomic E-state index is -0.230. The van der Waals surface area contributed by atoms with Crippen molar-refractivity contribution in [3.63, 3.8) is 0 Å². The van der Waals surface area contributed by atoms with Crippen LogP contribution in [0.5, 0.6) is 11.5 Å². The first-order valence-corrected chi connectivity index (χ1v) is 6.92. The number of anilines is 1. The number of methoxy groups -OCH3 is 2. The summed E-state index contributed by atoms with van der Waals surface area (Å²) in [7, 11) is 4.85. The topological polar surface area (TPSA) is 50.8 Å². The number of amides is 2. The van der Waals surface area contributed by atoms with E-state index in [4.69, 9.17) is 9.47 Å². The predicted octanol–water partition coefficient (Wildman–Crippen LogP) is 3.37. The van der Waals surface area contributed by atoms with Crippen LogP contribution in [0.15, 0.2) is 48.5 Å². The van der Waals surface area contributed by atoms with Gasteiger partial charge in [0.25, 0.3) is 0 Å². The van der Waals surface area contributed by atoms with Crippen LogP contribution in [-0.2, 0) is 6.54 Å². The van der Waals surface area contributed by atoms with Gasteiger partial charge in [-0.15, -0.1) is 0 Å². The zero-order valence-corrected chi connectivity index (χ0v) is 13.0. The molecule has 2 rings (SSSR count). The molecule has 5 nitrogen and oxygen atoms in total. The third-order valence-electron chi connectivity index (χ3n) is 3.27. The van der Waals surface area contributed by atoms with E-state index in [9.17, 15) is 4.79 Å². The highest BCUT2D eigenvalue weighted by atomic mass is 16.5. The van der Waals surface area contributed by atoms with Gasteiger partial charge in [0, 0.05) is 13.6 Å². The Balaban J connectivity index is 2.11. The lowest BCUT2D eigenvalue weighted by Crippen LogP contribution is -2.31. The van der Waals surface area contributed by atoms with Crippen molar-refractivity contribution in [3.05, 3.63) is 54.1 Å². The molecule has 0 aromatic heterocycles. The first-order chi connectivity index (χ1) is 10.7. The Kier molecular flexibility index (Phi) is 5.25. The maximum absolute atomic E-state index is 12.4. The number of para-hydroxylation sites is 1. The second kappa shape index (κ2) is 7.36. The summed E-state index contributed by atoms with van der Waals surface area (Å²) in [5.74, 6) is 1.11. The summed E-state index contributed by atoms with van der Waals surface area (Å²) in [6, 6.07) is 14.9. The van der Waals surface area contributed by atoms with Gasteiger partial charge in [-0.1, -0.05) is 36.4 Å². The van der Waals surface area contributed by atoms with E-state index in [0.29, 0.717) is 23.7 Å². The maximum Gasteiger partial charge on any atom is 0.322 e. The molecule has 0 aliphatic rings. The van der Waals surface area contributed by atoms with E-state index < -0.39 is 0 Å². The fourth-order valence-electron chi connectivity index (χ4n) is 2.11. The Hall–Kier alpha value is -2.69. The number of hydrogen-bond acceptors (Lipinski definition) is 3. The normalized spacial score (nSPS) is 9.95. The van der Waals surface area contributed by atoms with Crippen molar-refractivity contribution in [3.8, 4) is 11.5 Å². The van der Waals surface area contributed by atoms with Crippen LogP contribution >= 0.6 is 0 Å². The highest BCUT2D eigenvalue weighted by Gasteiger charge is 2.15. The second-order valence-electron chi connectivity index (χ2n) is 4.81. The minimum absolute atomic E-state index is 0.230. The smallest absolute Gasteiger partial charge is 0.322 e. The Morgan fingerprint density at radius 1 is 1.00 bits per heavy atom. The lowest BCUT2D eigenvalue weighted by Gasteiger charge is -2.20. The van der Waals surface area contributed by atoms with Gasteiger partial charge in [-0.25, -0.2) is 4.79 Å². The van der Waals surface area contributed by atoms with Gasteiger partial charge >= 0.3 is 6.03 Å². The van der Waals surface area contributed by atoms with Gasteiger partial charge < -0.3 is 19.7 Å². The molecule has 2 aromatic rings. The number of ether oxygens (including phenoxy) is 2. The molecule has 2 aromatic carbocycles. The van der Waals surface area contributed by atoms with Crippen molar-refractivity contribution < 1.29 is 14.3 Å². The minimum Gasteiger partial charge on any atom is -0.494 e. The SMILES string of the molecule is COc1cccc(OC)c1NC(=O)N(C)Cc1ccccc1. The Morgan fingerprint density at radius 2 is 1.59 bits per heavy atom. The third kappa shape index (κ3) is 3.69. The van der Waals surface area contributed by atoms with Crippen molar-refractivity contribution >= 4 is 11.7 Å². The van der Waals surface area contributed by atoms with E-state index in [1.54, 1.807) is 44.4 Å². The van der Waals surface area contributed by atoms with Crippen LogP contribution < -0.4 is 14.8 Å². The van der Waals surface area contributed by atoms with Crippen molar-refractivity contribution in [2.45, 2.75) is 6.54 Å². The van der Waals surface area contributed by atoms with E-state index in [1.807, 2.05) is 30.3 Å². The van der Waals surface area contributed by atoms with Crippen LogP contribution in [0.2, 0.25) is 0 Å². The molecule has 0 heterocycles. The quantitative estimate of drug-likeness (QED) is 0.921. The summed E-state index contributed by atoms with van der Waals surface area (Å²) < 4.78 is 10.5. The summed E-state index contributed by atoms with van der Waals surface area (Å²) in [5, 5.41) is 2.84. The van der Waals surface area contributed by atoms with Gasteiger partial charge in [0.15, 0.2) is 0 Å². The molecule has 5 heteroatoms. The fraction of sp³-hybridized carbons (Fsp3) is 0.235. The fourth-order valence-corrected chi connectivity index (χ4v) is 2.11. The molecule has 22 heavy (non-hydrogen) atoms. The van der Waals surface area contributed by atoms with E-state index >= 15 is 0 Å². The lowest BCUT2D eigenvalue weighted by atomic mass is 10.2. The van der Waals surface area contributed by atoms with Crippen LogP contribution in [0.1, 0.15) is 5.56 Å². The number of nitrogens with zero attached hydrogens (tertiary/aromatic N) is 1. The van der Waals surface area contributed by atoms with E-state index in [-0.39, 0.29) is 6.03 Å². The Bertz CT molecular complexity index is 607. The largest absolute Gasteiger partial charge is 0.494 e. The molecule has 2 amide bonds. The number of urea groups is 1. The summed E-state index contributed by atoms with van der Waals surface area (Å²) in [6.45, 7) is 0.518. The van der Waals surface area contributed by atoms with Gasteiger partial charge in [-0.2, -0.15) is 0 Å². The summed E-state index contributed by atoms with van der Waals surface area (Å²) in [6.07, 6.45) is 0. The third-order valence-corrected chi connectivity index (χ3v) is 3.27. The van der Waals surface area contributed by atoms with Crippen LogP contribution in [0.4, 0.5) is 10.5 Å². The Morgan fingerprint density at radius 3 is 2.14 bits per heavy atom. The average Bonchev–Trinajstić information content (AvgIpc) is 2.55. The van der Waals surface area contributed by atoms with Crippen LogP contribution in [0.3, 0.4) is 0 Å². The maximum atomic E-state index is 12.4. The molecule has 116 valence electrons. The van der Waals surface area contributed by atoms with Gasteiger partial charge in [-0.3, -0.25) is 0 Å². The zero-order chi connectivity index (χ0) is 15.9. The van der Waals surface area contributed by atoms with Gasteiger partial charge in [-0.05, 0) is 17.7 Å². The molecule has 0 aliphatic heterocycles. The monoisotopic (exact) mass is 300 g/mol. The second-order valence-corrected chi connectivity index (χ2v) is 4.81. The summed E-state index contributed by atoms with van der Waals surface area (Å²) in [4.78, 5) is 14.0. The van der Waals surface area contributed by atoms with Crippen LogP contribution in [0.25, 0.3) is 0 Å². The van der Waals surface area contributed by atoms with Gasteiger partial charge in [0.1, 0.15) is 17.2 Å². The van der Waals surface area contributed by atoms with Crippen molar-refractivity contribution in [2.75, 3.05) is 26.6 Å². The number of carbonyl (C=O) groups excluding carboxylic acids is 1. The van der Waals surface area contributed by atoms with E-state index in [2.05, 4.69) is 5.32 Å². The highest BCUT2D eigenvalue weighted by Crippen LogP contribution is 2.34. The van der Waals surface area contributed by atoms with Gasteiger partial charge in [0.2, 0.25) is 0 Å². The van der Waals surface area contributed by atoms with Gasteiger partial charge in [0.05, 0.1) is 14.2 Å². The zero-order valence-electron chi connectivity index (χ0n) is 13.0. The molecule has 0 unspecified atom stereocenters. The molecule has 0 radical (unpaired) electrons. The number of carbonyl (C=O) groups is 1. The average molecular weight is 300 g/mol. The van der Waals surface area contributed by atoms with Crippen molar-refractivity contribution in [2.24, 2.45) is 0 Å². The number of benzene rings is 2. The first-order valence-electron chi connectivity index (χ1n) is 6.92. The Labute approximate surface area is 130 Å². The molecule has 0 saturated carbocycles. The van der Waals surface area contributed by atoms with Crippen LogP contribution in [0, 0.1) is 0 Å². The molecule has 1 N–H and O–H groups in total. The highest BCUT2D eigenvalue weighted by molar-refractivity contribution is 5.92. The standard InChI is InChI=1S/C17H20N2O3/c1-19(12-13-8-5-4-6-9-13)17(20)18-16-14(21-2)10-7-11-15(16)22-3/h4-11H,12H2,1-3H3,(H,18,20). The van der Waals surface area contributed by atoms with E-state index in [0.717, 1.165) is 5.56 Å². The van der Waals surface area contributed by atoms with Crippen molar-refractivity contribution in [1.82, 2.24) is 4.90 Å². The molecule has 0 fully saturated rings. The molecule has 0 spiro atoms. The number of rotatable bonds is 5. The van der Waals surface area contributed by atoms with Crippen LogP contribution in [-0.4, -0.2) is 32.2 Å².